The van der Waals surface area contributed by atoms with Gasteiger partial charge in [-0.2, -0.15) is 0 Å². The van der Waals surface area contributed by atoms with E-state index in [1.54, 1.807) is 11.8 Å². The molecule has 1 nitrogen and oxygen atoms in total. The third-order valence-electron chi connectivity index (χ3n) is 2.15. The number of halogens is 1. The van der Waals surface area contributed by atoms with Gasteiger partial charge in [0.25, 0.3) is 0 Å². The monoisotopic (exact) mass is 199 g/mol. The zero-order chi connectivity index (χ0) is 8.72. The predicted molar refractivity (Wildman–Crippen MR) is 53.7 cm³/mol. The number of thioether (sulfide) groups is 1. The van der Waals surface area contributed by atoms with E-state index in [1.807, 2.05) is 18.2 Å². The smallest absolute Gasteiger partial charge is 0.0427 e. The van der Waals surface area contributed by atoms with Gasteiger partial charge in [0, 0.05) is 21.2 Å². The van der Waals surface area contributed by atoms with Crippen molar-refractivity contribution in [2.45, 2.75) is 23.1 Å². The lowest BCUT2D eigenvalue weighted by atomic mass is 10.1. The average molecular weight is 200 g/mol. The Kier molecular flexibility index (Phi) is 2.07. The molecule has 0 fully saturated rings. The molecule has 0 saturated carbocycles. The molecule has 1 aromatic rings. The molecule has 1 aromatic carbocycles. The molecular weight excluding hydrogens is 190 g/mol. The van der Waals surface area contributed by atoms with Gasteiger partial charge in [-0.3, -0.25) is 0 Å². The lowest BCUT2D eigenvalue weighted by Crippen LogP contribution is -2.15. The van der Waals surface area contributed by atoms with Crippen molar-refractivity contribution in [2.24, 2.45) is 5.73 Å². The molecule has 0 amide bonds. The van der Waals surface area contributed by atoms with E-state index < -0.39 is 0 Å². The molecule has 0 aromatic heterocycles. The molecule has 2 rings (SSSR count). The topological polar surface area (TPSA) is 26.0 Å². The van der Waals surface area contributed by atoms with E-state index in [0.29, 0.717) is 5.25 Å². The first-order chi connectivity index (χ1) is 5.68. The fourth-order valence-corrected chi connectivity index (χ4v) is 2.88. The van der Waals surface area contributed by atoms with Crippen LogP contribution in [0.25, 0.3) is 0 Å². The largest absolute Gasteiger partial charge is 0.323 e. The minimum atomic E-state index is 0.169. The summed E-state index contributed by atoms with van der Waals surface area (Å²) in [7, 11) is 0. The van der Waals surface area contributed by atoms with Gasteiger partial charge in [-0.15, -0.1) is 11.8 Å². The van der Waals surface area contributed by atoms with Crippen LogP contribution < -0.4 is 5.73 Å². The highest BCUT2D eigenvalue weighted by atomic mass is 35.5. The van der Waals surface area contributed by atoms with Crippen molar-refractivity contribution in [3.63, 3.8) is 0 Å². The van der Waals surface area contributed by atoms with Gasteiger partial charge < -0.3 is 5.73 Å². The van der Waals surface area contributed by atoms with E-state index in [2.05, 4.69) is 6.92 Å². The van der Waals surface area contributed by atoms with E-state index in [1.165, 1.54) is 10.5 Å². The molecule has 0 bridgehead atoms. The maximum atomic E-state index is 5.98. The van der Waals surface area contributed by atoms with Crippen molar-refractivity contribution in [1.29, 1.82) is 0 Å². The molecule has 0 saturated heterocycles. The Morgan fingerprint density at radius 2 is 2.25 bits per heavy atom. The third kappa shape index (κ3) is 1.24. The molecule has 64 valence electrons. The Hall–Kier alpha value is -0.180. The van der Waals surface area contributed by atoms with E-state index in [9.17, 15) is 0 Å². The summed E-state index contributed by atoms with van der Waals surface area (Å²) in [6.45, 7) is 2.14. The maximum absolute atomic E-state index is 5.98. The molecule has 2 unspecified atom stereocenters. The summed E-state index contributed by atoms with van der Waals surface area (Å²) in [6, 6.07) is 6.09. The first-order valence-corrected chi connectivity index (χ1v) is 5.16. The summed E-state index contributed by atoms with van der Waals surface area (Å²) >= 11 is 7.67. The molecule has 2 N–H and O–H groups in total. The number of hydrogen-bond acceptors (Lipinski definition) is 2. The molecule has 1 heterocycles. The summed E-state index contributed by atoms with van der Waals surface area (Å²) < 4.78 is 0. The SMILES string of the molecule is CC1Sc2cc(Cl)ccc2C1N. The number of fused-ring (bicyclic) bond motifs is 1. The number of hydrogen-bond donors (Lipinski definition) is 1. The van der Waals surface area contributed by atoms with Crippen molar-refractivity contribution in [2.75, 3.05) is 0 Å². The number of nitrogens with two attached hydrogens (primary N) is 1. The first kappa shape index (κ1) is 8.42. The second kappa shape index (κ2) is 2.95. The van der Waals surface area contributed by atoms with Crippen molar-refractivity contribution in [3.05, 3.63) is 28.8 Å². The minimum absolute atomic E-state index is 0.169. The Bertz CT molecular complexity index is 313. The van der Waals surface area contributed by atoms with Crippen LogP contribution in [0.4, 0.5) is 0 Å². The Morgan fingerprint density at radius 1 is 1.50 bits per heavy atom. The molecule has 0 radical (unpaired) electrons. The lowest BCUT2D eigenvalue weighted by Gasteiger charge is -2.07. The molecule has 1 aliphatic heterocycles. The average Bonchev–Trinajstić information content (AvgIpc) is 2.28. The molecule has 3 heteroatoms. The predicted octanol–water partition coefficient (Wildman–Crippen LogP) is 2.83. The van der Waals surface area contributed by atoms with Crippen LogP contribution in [-0.2, 0) is 0 Å². The zero-order valence-corrected chi connectivity index (χ0v) is 8.32. The van der Waals surface area contributed by atoms with Crippen LogP contribution in [0.2, 0.25) is 5.02 Å². The van der Waals surface area contributed by atoms with Crippen molar-refractivity contribution in [3.8, 4) is 0 Å². The summed E-state index contributed by atoms with van der Waals surface area (Å²) in [5, 5.41) is 1.26. The third-order valence-corrected chi connectivity index (χ3v) is 3.66. The number of rotatable bonds is 0. The van der Waals surface area contributed by atoms with E-state index in [-0.39, 0.29) is 6.04 Å². The fourth-order valence-electron chi connectivity index (χ4n) is 1.41. The van der Waals surface area contributed by atoms with Crippen molar-refractivity contribution < 1.29 is 0 Å². The quantitative estimate of drug-likeness (QED) is 0.696. The molecule has 0 aliphatic carbocycles. The Labute approximate surface area is 81.3 Å². The molecule has 12 heavy (non-hydrogen) atoms. The standard InChI is InChI=1S/C9H10ClNS/c1-5-9(11)7-3-2-6(10)4-8(7)12-5/h2-5,9H,11H2,1H3. The summed E-state index contributed by atoms with van der Waals surface area (Å²) in [5.74, 6) is 0. The molecule has 2 atom stereocenters. The molecule has 1 aliphatic rings. The van der Waals surface area contributed by atoms with Gasteiger partial charge in [0.05, 0.1) is 0 Å². The van der Waals surface area contributed by atoms with Crippen LogP contribution in [0.3, 0.4) is 0 Å². The van der Waals surface area contributed by atoms with Crippen LogP contribution in [0, 0.1) is 0 Å². The van der Waals surface area contributed by atoms with Gasteiger partial charge >= 0.3 is 0 Å². The number of benzene rings is 1. The van der Waals surface area contributed by atoms with E-state index in [0.717, 1.165) is 5.02 Å². The molecular formula is C9H10ClNS. The van der Waals surface area contributed by atoms with Crippen molar-refractivity contribution in [1.82, 2.24) is 0 Å². The highest BCUT2D eigenvalue weighted by Gasteiger charge is 2.26. The summed E-state index contributed by atoms with van der Waals surface area (Å²) in [6.07, 6.45) is 0. The van der Waals surface area contributed by atoms with Gasteiger partial charge in [-0.05, 0) is 17.7 Å². The second-order valence-corrected chi connectivity index (χ2v) is 4.89. The van der Waals surface area contributed by atoms with Gasteiger partial charge in [-0.25, -0.2) is 0 Å². The van der Waals surface area contributed by atoms with Gasteiger partial charge in [0.2, 0.25) is 0 Å². The van der Waals surface area contributed by atoms with Crippen molar-refractivity contribution >= 4 is 23.4 Å². The van der Waals surface area contributed by atoms with Gasteiger partial charge in [0.15, 0.2) is 0 Å². The summed E-state index contributed by atoms with van der Waals surface area (Å²) in [4.78, 5) is 1.24. The maximum Gasteiger partial charge on any atom is 0.0427 e. The van der Waals surface area contributed by atoms with Crippen LogP contribution >= 0.6 is 23.4 Å². The van der Waals surface area contributed by atoms with Gasteiger partial charge in [-0.1, -0.05) is 24.6 Å². The first-order valence-electron chi connectivity index (χ1n) is 3.90. The zero-order valence-electron chi connectivity index (χ0n) is 6.75. The summed E-state index contributed by atoms with van der Waals surface area (Å²) in [5.41, 5.74) is 7.21. The van der Waals surface area contributed by atoms with Gasteiger partial charge in [0.1, 0.15) is 0 Å². The second-order valence-electron chi connectivity index (χ2n) is 3.03. The van der Waals surface area contributed by atoms with E-state index in [4.69, 9.17) is 17.3 Å². The van der Waals surface area contributed by atoms with Crippen LogP contribution in [0.15, 0.2) is 23.1 Å². The minimum Gasteiger partial charge on any atom is -0.323 e. The normalized spacial score (nSPS) is 27.2. The lowest BCUT2D eigenvalue weighted by molar-refractivity contribution is 0.725. The Morgan fingerprint density at radius 3 is 3.00 bits per heavy atom. The van der Waals surface area contributed by atoms with Crippen LogP contribution in [0.1, 0.15) is 18.5 Å². The Balaban J connectivity index is 2.47. The molecule has 0 spiro atoms. The van der Waals surface area contributed by atoms with Crippen LogP contribution in [0.5, 0.6) is 0 Å². The van der Waals surface area contributed by atoms with Crippen LogP contribution in [-0.4, -0.2) is 5.25 Å². The van der Waals surface area contributed by atoms with E-state index >= 15 is 0 Å². The highest BCUT2D eigenvalue weighted by molar-refractivity contribution is 8.00. The fraction of sp³-hybridized carbons (Fsp3) is 0.333. The highest BCUT2D eigenvalue weighted by Crippen LogP contribution is 2.43.